The topological polar surface area (TPSA) is 45.2 Å². The predicted octanol–water partition coefficient (Wildman–Crippen LogP) is 2.31. The highest BCUT2D eigenvalue weighted by molar-refractivity contribution is 7.11. The van der Waals surface area contributed by atoms with Crippen molar-refractivity contribution in [3.8, 4) is 0 Å². The fourth-order valence-electron chi connectivity index (χ4n) is 3.27. The lowest BCUT2D eigenvalue weighted by atomic mass is 10.0. The Balaban J connectivity index is 1.54. The van der Waals surface area contributed by atoms with Crippen molar-refractivity contribution in [3.63, 3.8) is 0 Å². The summed E-state index contributed by atoms with van der Waals surface area (Å²) >= 11 is 1.69. The number of hydrogen-bond acceptors (Lipinski definition) is 4. The van der Waals surface area contributed by atoms with Crippen molar-refractivity contribution in [1.82, 2.24) is 10.3 Å². The Labute approximate surface area is 134 Å². The number of aromatic nitrogens is 1. The maximum absolute atomic E-state index is 12.7. The molecule has 4 rings (SSSR count). The number of nitrogens with one attached hydrogen (secondary N) is 1. The van der Waals surface area contributed by atoms with Gasteiger partial charge in [0, 0.05) is 36.6 Å². The molecule has 0 aliphatic carbocycles. The minimum Gasteiger partial charge on any atom is -0.312 e. The number of amides is 1. The first-order valence-corrected chi connectivity index (χ1v) is 8.69. The van der Waals surface area contributed by atoms with E-state index in [4.69, 9.17) is 0 Å². The fourth-order valence-corrected chi connectivity index (χ4v) is 4.35. The SMILES string of the molecule is O=C(Cc1nc2c(s1)CNCC2)N1CCCc2ccccc21. The molecule has 1 N–H and O–H groups in total. The molecule has 0 saturated heterocycles. The highest BCUT2D eigenvalue weighted by Gasteiger charge is 2.24. The van der Waals surface area contributed by atoms with Gasteiger partial charge < -0.3 is 10.2 Å². The van der Waals surface area contributed by atoms with Crippen molar-refractivity contribution in [2.75, 3.05) is 18.0 Å². The number of thiazole rings is 1. The van der Waals surface area contributed by atoms with Crippen LogP contribution >= 0.6 is 11.3 Å². The molecule has 3 heterocycles. The molecule has 1 amide bonds. The summed E-state index contributed by atoms with van der Waals surface area (Å²) in [4.78, 5) is 20.6. The molecule has 1 aromatic carbocycles. The van der Waals surface area contributed by atoms with Crippen molar-refractivity contribution in [3.05, 3.63) is 45.4 Å². The second kappa shape index (κ2) is 5.82. The summed E-state index contributed by atoms with van der Waals surface area (Å²) in [6.45, 7) is 2.71. The van der Waals surface area contributed by atoms with Crippen LogP contribution in [0.2, 0.25) is 0 Å². The number of rotatable bonds is 2. The number of nitrogens with zero attached hydrogens (tertiary/aromatic N) is 2. The molecule has 4 nitrogen and oxygen atoms in total. The van der Waals surface area contributed by atoms with E-state index in [1.807, 2.05) is 11.0 Å². The molecular formula is C17H19N3OS. The molecule has 2 aliphatic heterocycles. The average molecular weight is 313 g/mol. The third kappa shape index (κ3) is 2.55. The maximum Gasteiger partial charge on any atom is 0.233 e. The van der Waals surface area contributed by atoms with Gasteiger partial charge in [0.05, 0.1) is 12.1 Å². The molecule has 5 heteroatoms. The van der Waals surface area contributed by atoms with E-state index in [1.54, 1.807) is 11.3 Å². The summed E-state index contributed by atoms with van der Waals surface area (Å²) in [6, 6.07) is 8.25. The highest BCUT2D eigenvalue weighted by Crippen LogP contribution is 2.28. The van der Waals surface area contributed by atoms with Crippen molar-refractivity contribution in [2.45, 2.75) is 32.2 Å². The van der Waals surface area contributed by atoms with Gasteiger partial charge >= 0.3 is 0 Å². The van der Waals surface area contributed by atoms with Crippen LogP contribution in [0.1, 0.15) is 27.6 Å². The van der Waals surface area contributed by atoms with Crippen molar-refractivity contribution in [2.24, 2.45) is 0 Å². The standard InChI is InChI=1S/C17H19N3OS/c21-17(10-16-19-13-7-8-18-11-15(13)22-16)20-9-3-5-12-4-1-2-6-14(12)20/h1-2,4,6,18H,3,5,7-11H2. The zero-order valence-electron chi connectivity index (χ0n) is 12.5. The van der Waals surface area contributed by atoms with Crippen LogP contribution < -0.4 is 10.2 Å². The summed E-state index contributed by atoms with van der Waals surface area (Å²) in [5.41, 5.74) is 3.55. The van der Waals surface area contributed by atoms with Crippen LogP contribution in [0, 0.1) is 0 Å². The van der Waals surface area contributed by atoms with Crippen LogP contribution in [0.3, 0.4) is 0 Å². The summed E-state index contributed by atoms with van der Waals surface area (Å²) in [7, 11) is 0. The van der Waals surface area contributed by atoms with Crippen molar-refractivity contribution < 1.29 is 4.79 Å². The van der Waals surface area contributed by atoms with Gasteiger partial charge in [-0.15, -0.1) is 11.3 Å². The van der Waals surface area contributed by atoms with E-state index >= 15 is 0 Å². The number of hydrogen-bond donors (Lipinski definition) is 1. The first-order valence-electron chi connectivity index (χ1n) is 7.88. The first-order chi connectivity index (χ1) is 10.8. The lowest BCUT2D eigenvalue weighted by Gasteiger charge is -2.29. The van der Waals surface area contributed by atoms with Crippen molar-refractivity contribution >= 4 is 22.9 Å². The minimum absolute atomic E-state index is 0.172. The van der Waals surface area contributed by atoms with E-state index in [1.165, 1.54) is 16.1 Å². The van der Waals surface area contributed by atoms with E-state index < -0.39 is 0 Å². The number of para-hydroxylation sites is 1. The van der Waals surface area contributed by atoms with Gasteiger partial charge in [0.25, 0.3) is 0 Å². The van der Waals surface area contributed by atoms with Crippen LogP contribution in [-0.4, -0.2) is 24.0 Å². The van der Waals surface area contributed by atoms with E-state index in [0.29, 0.717) is 6.42 Å². The minimum atomic E-state index is 0.172. The molecule has 1 aromatic heterocycles. The molecular weight excluding hydrogens is 294 g/mol. The Morgan fingerprint density at radius 3 is 3.14 bits per heavy atom. The second-order valence-electron chi connectivity index (χ2n) is 5.86. The third-order valence-corrected chi connectivity index (χ3v) is 5.46. The molecule has 2 aliphatic rings. The summed E-state index contributed by atoms with van der Waals surface area (Å²) in [6.07, 6.45) is 3.51. The van der Waals surface area contributed by atoms with Gasteiger partial charge in [-0.3, -0.25) is 4.79 Å². The first kappa shape index (κ1) is 13.9. The number of anilines is 1. The zero-order valence-corrected chi connectivity index (χ0v) is 13.3. The molecule has 114 valence electrons. The highest BCUT2D eigenvalue weighted by atomic mass is 32.1. The van der Waals surface area contributed by atoms with Crippen LogP contribution in [0.15, 0.2) is 24.3 Å². The molecule has 0 atom stereocenters. The predicted molar refractivity (Wildman–Crippen MR) is 88.3 cm³/mol. The number of fused-ring (bicyclic) bond motifs is 2. The van der Waals surface area contributed by atoms with Gasteiger partial charge in [-0.25, -0.2) is 4.98 Å². The molecule has 0 unspecified atom stereocenters. The average Bonchev–Trinajstić information content (AvgIpc) is 2.96. The second-order valence-corrected chi connectivity index (χ2v) is 7.03. The summed E-state index contributed by atoms with van der Waals surface area (Å²) in [5, 5.41) is 4.32. The largest absolute Gasteiger partial charge is 0.312 e. The van der Waals surface area contributed by atoms with Crippen LogP contribution in [0.4, 0.5) is 5.69 Å². The zero-order chi connectivity index (χ0) is 14.9. The smallest absolute Gasteiger partial charge is 0.233 e. The summed E-state index contributed by atoms with van der Waals surface area (Å²) in [5.74, 6) is 0.172. The Kier molecular flexibility index (Phi) is 3.68. The van der Waals surface area contributed by atoms with Gasteiger partial charge in [0.15, 0.2) is 0 Å². The Morgan fingerprint density at radius 2 is 2.23 bits per heavy atom. The van der Waals surface area contributed by atoms with E-state index in [9.17, 15) is 4.79 Å². The molecule has 22 heavy (non-hydrogen) atoms. The monoisotopic (exact) mass is 313 g/mol. The molecule has 0 saturated carbocycles. The lowest BCUT2D eigenvalue weighted by Crippen LogP contribution is -2.36. The molecule has 0 spiro atoms. The summed E-state index contributed by atoms with van der Waals surface area (Å²) < 4.78 is 0. The fraction of sp³-hybridized carbons (Fsp3) is 0.412. The van der Waals surface area contributed by atoms with Gasteiger partial charge in [0.2, 0.25) is 5.91 Å². The molecule has 0 fully saturated rings. The van der Waals surface area contributed by atoms with Gasteiger partial charge in [-0.2, -0.15) is 0 Å². The van der Waals surface area contributed by atoms with Crippen LogP contribution in [-0.2, 0) is 30.6 Å². The van der Waals surface area contributed by atoms with E-state index in [2.05, 4.69) is 28.5 Å². The lowest BCUT2D eigenvalue weighted by molar-refractivity contribution is -0.118. The van der Waals surface area contributed by atoms with E-state index in [0.717, 1.165) is 49.6 Å². The maximum atomic E-state index is 12.7. The third-order valence-electron chi connectivity index (χ3n) is 4.36. The van der Waals surface area contributed by atoms with Gasteiger partial charge in [-0.1, -0.05) is 18.2 Å². The normalized spacial score (nSPS) is 17.0. The molecule has 0 bridgehead atoms. The number of aryl methyl sites for hydroxylation is 1. The molecule has 0 radical (unpaired) electrons. The Morgan fingerprint density at radius 1 is 1.32 bits per heavy atom. The van der Waals surface area contributed by atoms with Gasteiger partial charge in [0.1, 0.15) is 5.01 Å². The van der Waals surface area contributed by atoms with E-state index in [-0.39, 0.29) is 5.91 Å². The number of carbonyl (C=O) groups is 1. The Hall–Kier alpha value is -1.72. The van der Waals surface area contributed by atoms with Crippen molar-refractivity contribution in [1.29, 1.82) is 0 Å². The van der Waals surface area contributed by atoms with Gasteiger partial charge in [-0.05, 0) is 24.5 Å². The molecule has 2 aromatic rings. The Bertz CT molecular complexity index is 686. The number of benzene rings is 1. The van der Waals surface area contributed by atoms with Crippen LogP contribution in [0.5, 0.6) is 0 Å². The number of carbonyl (C=O) groups excluding carboxylic acids is 1. The quantitative estimate of drug-likeness (QED) is 0.925. The van der Waals surface area contributed by atoms with Crippen LogP contribution in [0.25, 0.3) is 0 Å².